The maximum absolute atomic E-state index is 10.8. The van der Waals surface area contributed by atoms with Gasteiger partial charge in [0.25, 0.3) is 0 Å². The quantitative estimate of drug-likeness (QED) is 0.225. The van der Waals surface area contributed by atoms with E-state index in [1.54, 1.807) is 0 Å². The van der Waals surface area contributed by atoms with Gasteiger partial charge in [-0.1, -0.05) is 57.4 Å². The van der Waals surface area contributed by atoms with Crippen molar-refractivity contribution in [2.24, 2.45) is 0 Å². The fourth-order valence-electron chi connectivity index (χ4n) is 3.78. The summed E-state index contributed by atoms with van der Waals surface area (Å²) in [4.78, 5) is 13.4. The molecule has 0 N–H and O–H groups in total. The second kappa shape index (κ2) is 14.9. The van der Waals surface area contributed by atoms with Crippen LogP contribution in [0.2, 0.25) is 0 Å². The smallest absolute Gasteiger partial charge is 0.120 e. The molecule has 0 aromatic heterocycles. The second-order valence-corrected chi connectivity index (χ2v) is 7.19. The van der Waals surface area contributed by atoms with Gasteiger partial charge in [0.15, 0.2) is 0 Å². The molecule has 23 heavy (non-hydrogen) atoms. The van der Waals surface area contributed by atoms with Gasteiger partial charge in [-0.2, -0.15) is 0 Å². The number of aldehydes is 1. The first-order chi connectivity index (χ1) is 11.4. The number of carbonyl (C=O) groups excluding carboxylic acids is 1. The standard InChI is InChI=1S/C21H39NO/c1-2-3-4-5-6-7-8-9-12-16-21(17-15-20-23)22-18-13-10-11-14-19-22/h2,20-21H,1,3-19H2. The first-order valence-electron chi connectivity index (χ1n) is 10.2. The van der Waals surface area contributed by atoms with Crippen LogP contribution in [0.3, 0.4) is 0 Å². The lowest BCUT2D eigenvalue weighted by Gasteiger charge is -2.30. The van der Waals surface area contributed by atoms with Gasteiger partial charge in [0.1, 0.15) is 6.29 Å². The Morgan fingerprint density at radius 1 is 0.783 bits per heavy atom. The summed E-state index contributed by atoms with van der Waals surface area (Å²) in [5.74, 6) is 0. The van der Waals surface area contributed by atoms with Crippen molar-refractivity contribution in [3.8, 4) is 0 Å². The van der Waals surface area contributed by atoms with E-state index in [9.17, 15) is 4.79 Å². The number of likely N-dealkylation sites (tertiary alicyclic amines) is 1. The number of carbonyl (C=O) groups is 1. The van der Waals surface area contributed by atoms with Crippen molar-refractivity contribution in [3.63, 3.8) is 0 Å². The van der Waals surface area contributed by atoms with Gasteiger partial charge in [-0.3, -0.25) is 0 Å². The number of hydrogen-bond donors (Lipinski definition) is 0. The van der Waals surface area contributed by atoms with E-state index in [1.165, 1.54) is 96.6 Å². The first-order valence-corrected chi connectivity index (χ1v) is 10.2. The van der Waals surface area contributed by atoms with Gasteiger partial charge >= 0.3 is 0 Å². The van der Waals surface area contributed by atoms with Gasteiger partial charge in [-0.05, 0) is 51.6 Å². The maximum atomic E-state index is 10.8. The summed E-state index contributed by atoms with van der Waals surface area (Å²) in [7, 11) is 0. The Balaban J connectivity index is 2.12. The number of nitrogens with zero attached hydrogens (tertiary/aromatic N) is 1. The highest BCUT2D eigenvalue weighted by atomic mass is 16.1. The molecule has 0 amide bonds. The third-order valence-electron chi connectivity index (χ3n) is 5.22. The Hall–Kier alpha value is -0.630. The van der Waals surface area contributed by atoms with Crippen LogP contribution in [0.4, 0.5) is 0 Å². The Morgan fingerprint density at radius 3 is 2.00 bits per heavy atom. The summed E-state index contributed by atoms with van der Waals surface area (Å²) in [6.07, 6.45) is 22.4. The Kier molecular flexibility index (Phi) is 13.3. The minimum atomic E-state index is 0.658. The van der Waals surface area contributed by atoms with E-state index >= 15 is 0 Å². The van der Waals surface area contributed by atoms with Gasteiger partial charge in [0.2, 0.25) is 0 Å². The van der Waals surface area contributed by atoms with Crippen LogP contribution in [0.5, 0.6) is 0 Å². The number of unbranched alkanes of at least 4 members (excludes halogenated alkanes) is 7. The van der Waals surface area contributed by atoms with E-state index in [0.29, 0.717) is 6.04 Å². The van der Waals surface area contributed by atoms with E-state index in [-0.39, 0.29) is 0 Å². The Labute approximate surface area is 144 Å². The average Bonchev–Trinajstić information content (AvgIpc) is 2.85. The zero-order valence-corrected chi connectivity index (χ0v) is 15.3. The summed E-state index contributed by atoms with van der Waals surface area (Å²) < 4.78 is 0. The number of rotatable bonds is 14. The molecule has 2 heteroatoms. The SMILES string of the molecule is C=CCCCCCCCCCC(CCC=O)N1CCCCCC1. The van der Waals surface area contributed by atoms with Crippen LogP contribution < -0.4 is 0 Å². The minimum absolute atomic E-state index is 0.658. The highest BCUT2D eigenvalue weighted by Crippen LogP contribution is 2.20. The van der Waals surface area contributed by atoms with Crippen LogP contribution in [-0.4, -0.2) is 30.3 Å². The van der Waals surface area contributed by atoms with Crippen molar-refractivity contribution in [3.05, 3.63) is 12.7 Å². The van der Waals surface area contributed by atoms with Gasteiger partial charge in [0, 0.05) is 12.5 Å². The molecule has 0 spiro atoms. The number of hydrogen-bond acceptors (Lipinski definition) is 2. The number of allylic oxidation sites excluding steroid dienone is 1. The minimum Gasteiger partial charge on any atom is -0.303 e. The topological polar surface area (TPSA) is 20.3 Å². The van der Waals surface area contributed by atoms with Gasteiger partial charge < -0.3 is 9.69 Å². The van der Waals surface area contributed by atoms with Crippen LogP contribution in [0, 0.1) is 0 Å². The molecule has 1 saturated heterocycles. The zero-order valence-electron chi connectivity index (χ0n) is 15.3. The summed E-state index contributed by atoms with van der Waals surface area (Å²) >= 11 is 0. The molecule has 1 aliphatic heterocycles. The molecule has 1 rings (SSSR count). The van der Waals surface area contributed by atoms with Gasteiger partial charge in [0.05, 0.1) is 0 Å². The molecule has 0 bridgehead atoms. The van der Waals surface area contributed by atoms with Crippen LogP contribution >= 0.6 is 0 Å². The lowest BCUT2D eigenvalue weighted by atomic mass is 10.0. The van der Waals surface area contributed by atoms with Crippen molar-refractivity contribution >= 4 is 6.29 Å². The third-order valence-corrected chi connectivity index (χ3v) is 5.22. The summed E-state index contributed by atoms with van der Waals surface area (Å²) in [6, 6.07) is 0.658. The molecular formula is C21H39NO. The lowest BCUT2D eigenvalue weighted by Crippen LogP contribution is -2.36. The predicted octanol–water partition coefficient (Wildman–Crippen LogP) is 5.91. The van der Waals surface area contributed by atoms with Crippen LogP contribution in [0.1, 0.15) is 96.3 Å². The maximum Gasteiger partial charge on any atom is 0.120 e. The van der Waals surface area contributed by atoms with E-state index in [0.717, 1.165) is 19.1 Å². The summed E-state index contributed by atoms with van der Waals surface area (Å²) in [5.41, 5.74) is 0. The fourth-order valence-corrected chi connectivity index (χ4v) is 3.78. The van der Waals surface area contributed by atoms with E-state index in [2.05, 4.69) is 11.5 Å². The molecule has 1 aliphatic rings. The van der Waals surface area contributed by atoms with Crippen molar-refractivity contribution in [2.45, 2.75) is 102 Å². The third kappa shape index (κ3) is 10.7. The summed E-state index contributed by atoms with van der Waals surface area (Å²) in [5, 5.41) is 0. The van der Waals surface area contributed by atoms with E-state index in [1.807, 2.05) is 6.08 Å². The first kappa shape index (κ1) is 20.4. The Bertz CT molecular complexity index is 282. The second-order valence-electron chi connectivity index (χ2n) is 7.19. The molecule has 1 fully saturated rings. The van der Waals surface area contributed by atoms with Gasteiger partial charge in [-0.15, -0.1) is 6.58 Å². The molecule has 0 saturated carbocycles. The van der Waals surface area contributed by atoms with Crippen LogP contribution in [-0.2, 0) is 4.79 Å². The average molecular weight is 322 g/mol. The molecular weight excluding hydrogens is 282 g/mol. The molecule has 0 aromatic carbocycles. The largest absolute Gasteiger partial charge is 0.303 e. The highest BCUT2D eigenvalue weighted by Gasteiger charge is 2.18. The zero-order chi connectivity index (χ0) is 16.6. The molecule has 2 nitrogen and oxygen atoms in total. The Morgan fingerprint density at radius 2 is 1.39 bits per heavy atom. The van der Waals surface area contributed by atoms with Crippen LogP contribution in [0.25, 0.3) is 0 Å². The molecule has 134 valence electrons. The monoisotopic (exact) mass is 321 g/mol. The van der Waals surface area contributed by atoms with Crippen molar-refractivity contribution in [2.75, 3.05) is 13.1 Å². The molecule has 0 radical (unpaired) electrons. The fraction of sp³-hybridized carbons (Fsp3) is 0.857. The van der Waals surface area contributed by atoms with E-state index < -0.39 is 0 Å². The predicted molar refractivity (Wildman–Crippen MR) is 101 cm³/mol. The normalized spacial score (nSPS) is 17.6. The molecule has 1 atom stereocenters. The molecule has 1 unspecified atom stereocenters. The van der Waals surface area contributed by atoms with Gasteiger partial charge in [-0.25, -0.2) is 0 Å². The molecule has 0 aromatic rings. The van der Waals surface area contributed by atoms with Crippen molar-refractivity contribution < 1.29 is 4.79 Å². The van der Waals surface area contributed by atoms with E-state index in [4.69, 9.17) is 0 Å². The lowest BCUT2D eigenvalue weighted by molar-refractivity contribution is -0.108. The van der Waals surface area contributed by atoms with Crippen LogP contribution in [0.15, 0.2) is 12.7 Å². The van der Waals surface area contributed by atoms with Crippen molar-refractivity contribution in [1.29, 1.82) is 0 Å². The van der Waals surface area contributed by atoms with Crippen molar-refractivity contribution in [1.82, 2.24) is 4.90 Å². The molecule has 1 heterocycles. The highest BCUT2D eigenvalue weighted by molar-refractivity contribution is 5.49. The summed E-state index contributed by atoms with van der Waals surface area (Å²) in [6.45, 7) is 6.29. The molecule has 0 aliphatic carbocycles.